The second kappa shape index (κ2) is 17.9. The van der Waals surface area contributed by atoms with E-state index in [2.05, 4.69) is 111 Å². The molecule has 3 nitrogen and oxygen atoms in total. The van der Waals surface area contributed by atoms with E-state index in [-0.39, 0.29) is 55.8 Å². The number of para-hydroxylation sites is 2. The maximum absolute atomic E-state index is 4.96. The van der Waals surface area contributed by atoms with Crippen molar-refractivity contribution in [1.82, 2.24) is 4.98 Å². The van der Waals surface area contributed by atoms with Gasteiger partial charge in [-0.25, -0.2) is 4.98 Å². The minimum atomic E-state index is 0. The molecule has 0 aliphatic rings. The minimum absolute atomic E-state index is 0. The molecule has 0 fully saturated rings. The van der Waals surface area contributed by atoms with Crippen LogP contribution in [0.15, 0.2) is 58.5 Å². The Morgan fingerprint density at radius 1 is 0.564 bits per heavy atom. The average Bonchev–Trinajstić information content (AvgIpc) is 2.80. The van der Waals surface area contributed by atoms with Crippen molar-refractivity contribution >= 4 is 23.8 Å². The molecule has 3 rings (SSSR count). The number of pyridine rings is 1. The summed E-state index contributed by atoms with van der Waals surface area (Å²) < 4.78 is 0. The molecule has 0 N–H and O–H groups in total. The summed E-state index contributed by atoms with van der Waals surface area (Å²) in [5.41, 5.74) is 10.1. The third-order valence-electron chi connectivity index (χ3n) is 6.35. The van der Waals surface area contributed by atoms with Gasteiger partial charge in [0.25, 0.3) is 0 Å². The molecule has 0 spiro atoms. The molecule has 0 unspecified atom stereocenters. The van der Waals surface area contributed by atoms with Crippen LogP contribution in [0.1, 0.15) is 118 Å². The number of aromatic nitrogens is 1. The number of nitrogens with zero attached hydrogens (tertiary/aromatic N) is 3. The van der Waals surface area contributed by atoms with E-state index in [0.29, 0.717) is 23.7 Å². The molecule has 0 aliphatic carbocycles. The van der Waals surface area contributed by atoms with Crippen LogP contribution >= 0.6 is 0 Å². The first kappa shape index (κ1) is 39.5. The Labute approximate surface area is 266 Å². The normalized spacial score (nSPS) is 11.1. The van der Waals surface area contributed by atoms with Gasteiger partial charge in [-0.15, -0.1) is 0 Å². The van der Waals surface area contributed by atoms with E-state index < -0.39 is 0 Å². The zero-order chi connectivity index (χ0) is 25.7. The number of benzene rings is 2. The van der Waals surface area contributed by atoms with Gasteiger partial charge in [0, 0.05) is 0 Å². The van der Waals surface area contributed by atoms with Crippen LogP contribution < -0.4 is 37.2 Å². The first-order chi connectivity index (χ1) is 16.6. The summed E-state index contributed by atoms with van der Waals surface area (Å²) in [6.45, 7) is 19.9. The van der Waals surface area contributed by atoms with Crippen LogP contribution in [-0.4, -0.2) is 17.4 Å². The van der Waals surface area contributed by atoms with Crippen LogP contribution in [0.4, 0.5) is 11.4 Å². The molecular formula is C32H41Cl3N3V. The van der Waals surface area contributed by atoms with Gasteiger partial charge in [0.15, 0.2) is 0 Å². The SMILES string of the molecule is Cc1cc(C=Nc2c(C(C)C)cccc2C(C)C)nc(C=Nc2c(C(C)C)cccc2C(C)C)c1.[Cl-].[Cl-].[Cl-].[V+3]. The molecule has 3 aromatic rings. The smallest absolute Gasteiger partial charge is 1.00 e. The molecular weight excluding hydrogens is 584 g/mol. The van der Waals surface area contributed by atoms with Crippen molar-refractivity contribution in [2.75, 3.05) is 0 Å². The number of aryl methyl sites for hydroxylation is 1. The van der Waals surface area contributed by atoms with E-state index >= 15 is 0 Å². The molecule has 0 saturated heterocycles. The Balaban J connectivity index is 0. The Kier molecular flexibility index (Phi) is 18.2. The van der Waals surface area contributed by atoms with Gasteiger partial charge in [0.1, 0.15) is 0 Å². The van der Waals surface area contributed by atoms with Gasteiger partial charge in [0.05, 0.1) is 35.2 Å². The van der Waals surface area contributed by atoms with Crippen molar-refractivity contribution < 1.29 is 55.8 Å². The average molecular weight is 625 g/mol. The molecule has 7 heteroatoms. The monoisotopic (exact) mass is 623 g/mol. The van der Waals surface area contributed by atoms with Crippen LogP contribution in [0.25, 0.3) is 0 Å². The molecule has 0 amide bonds. The summed E-state index contributed by atoms with van der Waals surface area (Å²) in [6.07, 6.45) is 3.80. The summed E-state index contributed by atoms with van der Waals surface area (Å²) in [5.74, 6) is 1.63. The van der Waals surface area contributed by atoms with Crippen molar-refractivity contribution in [3.63, 3.8) is 0 Å². The number of halogens is 3. The fraction of sp³-hybridized carbons (Fsp3) is 0.406. The van der Waals surface area contributed by atoms with E-state index in [4.69, 9.17) is 15.0 Å². The summed E-state index contributed by atoms with van der Waals surface area (Å²) in [5, 5.41) is 0. The molecule has 0 atom stereocenters. The van der Waals surface area contributed by atoms with Crippen molar-refractivity contribution in [1.29, 1.82) is 0 Å². The maximum atomic E-state index is 4.96. The van der Waals surface area contributed by atoms with E-state index in [1.54, 1.807) is 0 Å². The van der Waals surface area contributed by atoms with Crippen molar-refractivity contribution in [3.8, 4) is 0 Å². The van der Waals surface area contributed by atoms with E-state index in [1.807, 2.05) is 12.4 Å². The Bertz CT molecular complexity index is 1090. The first-order valence-electron chi connectivity index (χ1n) is 12.9. The molecule has 1 heterocycles. The third kappa shape index (κ3) is 10.4. The van der Waals surface area contributed by atoms with E-state index in [1.165, 1.54) is 22.3 Å². The fourth-order valence-electron chi connectivity index (χ4n) is 4.44. The Morgan fingerprint density at radius 2 is 0.846 bits per heavy atom. The molecule has 0 aliphatic heterocycles. The summed E-state index contributed by atoms with van der Waals surface area (Å²) in [7, 11) is 0. The van der Waals surface area contributed by atoms with Gasteiger partial charge < -0.3 is 37.2 Å². The third-order valence-corrected chi connectivity index (χ3v) is 6.35. The maximum Gasteiger partial charge on any atom is 3.00 e. The first-order valence-corrected chi connectivity index (χ1v) is 12.9. The second-order valence-corrected chi connectivity index (χ2v) is 10.7. The fourth-order valence-corrected chi connectivity index (χ4v) is 4.44. The van der Waals surface area contributed by atoms with Crippen molar-refractivity contribution in [2.45, 2.75) is 86.0 Å². The summed E-state index contributed by atoms with van der Waals surface area (Å²) in [6, 6.07) is 17.2. The van der Waals surface area contributed by atoms with Crippen LogP contribution in [0.3, 0.4) is 0 Å². The van der Waals surface area contributed by atoms with Gasteiger partial charge in [0.2, 0.25) is 0 Å². The van der Waals surface area contributed by atoms with Gasteiger partial charge in [-0.2, -0.15) is 0 Å². The van der Waals surface area contributed by atoms with Gasteiger partial charge in [-0.1, -0.05) is 91.8 Å². The van der Waals surface area contributed by atoms with Crippen LogP contribution in [0, 0.1) is 6.92 Å². The molecule has 210 valence electrons. The molecule has 0 radical (unpaired) electrons. The van der Waals surface area contributed by atoms with Crippen molar-refractivity contribution in [2.24, 2.45) is 9.98 Å². The number of hydrogen-bond acceptors (Lipinski definition) is 3. The zero-order valence-electron chi connectivity index (χ0n) is 24.5. The molecule has 2 aromatic carbocycles. The summed E-state index contributed by atoms with van der Waals surface area (Å²) in [4.78, 5) is 14.8. The second-order valence-electron chi connectivity index (χ2n) is 10.7. The number of aliphatic imine (C=N–C) groups is 2. The van der Waals surface area contributed by atoms with Crippen LogP contribution in [0.5, 0.6) is 0 Å². The summed E-state index contributed by atoms with van der Waals surface area (Å²) >= 11 is 0. The van der Waals surface area contributed by atoms with Gasteiger partial charge in [-0.05, 0) is 70.5 Å². The van der Waals surface area contributed by atoms with Crippen LogP contribution in [0.2, 0.25) is 0 Å². The Morgan fingerprint density at radius 3 is 1.10 bits per heavy atom. The quantitative estimate of drug-likeness (QED) is 0.335. The molecule has 1 aromatic heterocycles. The van der Waals surface area contributed by atoms with E-state index in [0.717, 1.165) is 28.3 Å². The number of rotatable bonds is 8. The molecule has 0 saturated carbocycles. The standard InChI is InChI=1S/C32H41N3.3ClH.V/c1-20(2)27-12-10-13-28(21(3)4)31(27)33-18-25-16-24(9)17-26(35-25)19-34-32-29(22(5)6)14-11-15-30(32)23(7)8;;;;/h10-23H,1-9H3;3*1H;/q;;;;+3/p-3. The predicted octanol–water partition coefficient (Wildman–Crippen LogP) is 0.394. The zero-order valence-corrected chi connectivity index (χ0v) is 28.2. The van der Waals surface area contributed by atoms with E-state index in [9.17, 15) is 0 Å². The number of hydrogen-bond donors (Lipinski definition) is 0. The topological polar surface area (TPSA) is 37.6 Å². The Hall–Kier alpha value is -1.62. The van der Waals surface area contributed by atoms with Gasteiger partial charge in [-0.3, -0.25) is 9.98 Å². The van der Waals surface area contributed by atoms with Crippen LogP contribution in [-0.2, 0) is 18.6 Å². The van der Waals surface area contributed by atoms with Gasteiger partial charge >= 0.3 is 18.6 Å². The minimum Gasteiger partial charge on any atom is -1.00 e. The largest absolute Gasteiger partial charge is 3.00 e. The molecule has 39 heavy (non-hydrogen) atoms. The predicted molar refractivity (Wildman–Crippen MR) is 153 cm³/mol. The molecule has 0 bridgehead atoms. The van der Waals surface area contributed by atoms with Crippen molar-refractivity contribution in [3.05, 3.63) is 87.7 Å².